The number of nitrogens with one attached hydrogen (secondary N) is 1. The van der Waals surface area contributed by atoms with E-state index < -0.39 is 0 Å². The van der Waals surface area contributed by atoms with E-state index in [-0.39, 0.29) is 5.54 Å². The molecule has 74 valence electrons. The van der Waals surface area contributed by atoms with Crippen molar-refractivity contribution >= 4 is 0 Å². The molecule has 0 unspecified atom stereocenters. The maximum atomic E-state index is 3.41. The molecular weight excluding hydrogens is 158 g/mol. The van der Waals surface area contributed by atoms with Gasteiger partial charge in [0.15, 0.2) is 0 Å². The van der Waals surface area contributed by atoms with Gasteiger partial charge < -0.3 is 5.32 Å². The third kappa shape index (κ3) is 7.38. The SMILES string of the molecule is C\C=C/C=C\C(=C/C)NC(C)(C)C. The Bertz CT molecular complexity index is 214. The molecule has 0 heterocycles. The van der Waals surface area contributed by atoms with Crippen LogP contribution in [0.3, 0.4) is 0 Å². The van der Waals surface area contributed by atoms with Crippen LogP contribution in [0.5, 0.6) is 0 Å². The van der Waals surface area contributed by atoms with E-state index in [2.05, 4.69) is 38.2 Å². The van der Waals surface area contributed by atoms with Crippen molar-refractivity contribution in [1.82, 2.24) is 5.32 Å². The molecular formula is C12H21N. The summed E-state index contributed by atoms with van der Waals surface area (Å²) in [6, 6.07) is 0. The lowest BCUT2D eigenvalue weighted by atomic mass is 10.1. The summed E-state index contributed by atoms with van der Waals surface area (Å²) in [4.78, 5) is 0. The van der Waals surface area contributed by atoms with Gasteiger partial charge in [-0.15, -0.1) is 0 Å². The summed E-state index contributed by atoms with van der Waals surface area (Å²) in [5.41, 5.74) is 1.29. The molecule has 0 aromatic heterocycles. The van der Waals surface area contributed by atoms with Crippen LogP contribution in [0.4, 0.5) is 0 Å². The summed E-state index contributed by atoms with van der Waals surface area (Å²) in [7, 11) is 0. The van der Waals surface area contributed by atoms with Crippen LogP contribution < -0.4 is 5.32 Å². The minimum absolute atomic E-state index is 0.127. The van der Waals surface area contributed by atoms with Gasteiger partial charge in [0.1, 0.15) is 0 Å². The molecule has 1 heteroatoms. The predicted octanol–water partition coefficient (Wildman–Crippen LogP) is 3.41. The fourth-order valence-electron chi connectivity index (χ4n) is 0.913. The standard InChI is InChI=1S/C12H21N/c1-6-8-9-10-11(7-2)13-12(3,4)5/h6-10,13H,1-5H3/b8-6-,10-9-,11-7+. The molecule has 0 saturated carbocycles. The van der Waals surface area contributed by atoms with Crippen LogP contribution in [-0.2, 0) is 0 Å². The Labute approximate surface area is 82.2 Å². The van der Waals surface area contributed by atoms with Gasteiger partial charge >= 0.3 is 0 Å². The summed E-state index contributed by atoms with van der Waals surface area (Å²) in [6.45, 7) is 10.5. The summed E-state index contributed by atoms with van der Waals surface area (Å²) in [6.07, 6.45) is 10.2. The van der Waals surface area contributed by atoms with Gasteiger partial charge in [-0.2, -0.15) is 0 Å². The van der Waals surface area contributed by atoms with Crippen LogP contribution in [-0.4, -0.2) is 5.54 Å². The fraction of sp³-hybridized carbons (Fsp3) is 0.500. The number of allylic oxidation sites excluding steroid dienone is 5. The van der Waals surface area contributed by atoms with Gasteiger partial charge in [0, 0.05) is 11.2 Å². The average molecular weight is 179 g/mol. The third-order valence-corrected chi connectivity index (χ3v) is 1.41. The van der Waals surface area contributed by atoms with Gasteiger partial charge in [0.05, 0.1) is 0 Å². The van der Waals surface area contributed by atoms with Gasteiger partial charge in [-0.3, -0.25) is 0 Å². The lowest BCUT2D eigenvalue weighted by Crippen LogP contribution is -2.34. The normalized spacial score (nSPS) is 14.4. The lowest BCUT2D eigenvalue weighted by Gasteiger charge is -2.22. The molecule has 0 fully saturated rings. The highest BCUT2D eigenvalue weighted by atomic mass is 15.0. The Hall–Kier alpha value is -0.980. The smallest absolute Gasteiger partial charge is 0.0300 e. The zero-order valence-corrected chi connectivity index (χ0v) is 9.39. The maximum absolute atomic E-state index is 3.41. The summed E-state index contributed by atoms with van der Waals surface area (Å²) < 4.78 is 0. The molecule has 0 aromatic rings. The van der Waals surface area contributed by atoms with E-state index in [9.17, 15) is 0 Å². The predicted molar refractivity (Wildman–Crippen MR) is 60.6 cm³/mol. The highest BCUT2D eigenvalue weighted by Crippen LogP contribution is 2.04. The van der Waals surface area contributed by atoms with Crippen LogP contribution in [0.2, 0.25) is 0 Å². The van der Waals surface area contributed by atoms with Crippen LogP contribution in [0.25, 0.3) is 0 Å². The molecule has 0 amide bonds. The Morgan fingerprint density at radius 3 is 2.08 bits per heavy atom. The Balaban J connectivity index is 4.23. The maximum Gasteiger partial charge on any atom is 0.0300 e. The first-order valence-electron chi connectivity index (χ1n) is 4.73. The van der Waals surface area contributed by atoms with E-state index in [1.54, 1.807) is 0 Å². The van der Waals surface area contributed by atoms with E-state index in [0.29, 0.717) is 0 Å². The second kappa shape index (κ2) is 5.63. The minimum atomic E-state index is 0.127. The van der Waals surface area contributed by atoms with Crippen molar-refractivity contribution in [2.75, 3.05) is 0 Å². The first-order chi connectivity index (χ1) is 5.99. The van der Waals surface area contributed by atoms with E-state index in [1.165, 1.54) is 0 Å². The van der Waals surface area contributed by atoms with Gasteiger partial charge in [0.2, 0.25) is 0 Å². The van der Waals surface area contributed by atoms with Crippen LogP contribution >= 0.6 is 0 Å². The third-order valence-electron chi connectivity index (χ3n) is 1.41. The minimum Gasteiger partial charge on any atom is -0.381 e. The van der Waals surface area contributed by atoms with Gasteiger partial charge in [0.25, 0.3) is 0 Å². The van der Waals surface area contributed by atoms with Crippen LogP contribution in [0, 0.1) is 0 Å². The molecule has 0 rings (SSSR count). The Kier molecular flexibility index (Phi) is 5.20. The molecule has 0 aromatic carbocycles. The molecule has 0 atom stereocenters. The second-order valence-corrected chi connectivity index (χ2v) is 4.00. The molecule has 0 aliphatic heterocycles. The first-order valence-corrected chi connectivity index (χ1v) is 4.73. The topological polar surface area (TPSA) is 12.0 Å². The molecule has 0 aliphatic rings. The zero-order chi connectivity index (χ0) is 10.3. The molecule has 1 N–H and O–H groups in total. The highest BCUT2D eigenvalue weighted by Gasteiger charge is 2.08. The largest absolute Gasteiger partial charge is 0.381 e. The van der Waals surface area contributed by atoms with Crippen molar-refractivity contribution in [2.24, 2.45) is 0 Å². The van der Waals surface area contributed by atoms with Gasteiger partial charge in [-0.05, 0) is 40.7 Å². The van der Waals surface area contributed by atoms with Gasteiger partial charge in [-0.25, -0.2) is 0 Å². The second-order valence-electron chi connectivity index (χ2n) is 4.00. The first kappa shape index (κ1) is 12.0. The summed E-state index contributed by atoms with van der Waals surface area (Å²) in [5.74, 6) is 0. The van der Waals surface area contributed by atoms with Crippen molar-refractivity contribution in [3.05, 3.63) is 36.1 Å². The van der Waals surface area contributed by atoms with Crippen molar-refractivity contribution in [2.45, 2.75) is 40.2 Å². The molecule has 0 bridgehead atoms. The summed E-state index contributed by atoms with van der Waals surface area (Å²) in [5, 5.41) is 3.41. The molecule has 0 saturated heterocycles. The van der Waals surface area contributed by atoms with E-state index in [0.717, 1.165) is 5.70 Å². The fourth-order valence-corrected chi connectivity index (χ4v) is 0.913. The van der Waals surface area contributed by atoms with E-state index >= 15 is 0 Å². The van der Waals surface area contributed by atoms with Crippen molar-refractivity contribution in [1.29, 1.82) is 0 Å². The highest BCUT2D eigenvalue weighted by molar-refractivity contribution is 5.21. The molecule has 13 heavy (non-hydrogen) atoms. The molecule has 1 nitrogen and oxygen atoms in total. The van der Waals surface area contributed by atoms with Crippen molar-refractivity contribution < 1.29 is 0 Å². The van der Waals surface area contributed by atoms with E-state index in [1.807, 2.05) is 32.1 Å². The Morgan fingerprint density at radius 2 is 1.69 bits per heavy atom. The van der Waals surface area contributed by atoms with Crippen LogP contribution in [0.15, 0.2) is 36.1 Å². The quantitative estimate of drug-likeness (QED) is 0.655. The van der Waals surface area contributed by atoms with E-state index in [4.69, 9.17) is 0 Å². The molecule has 0 spiro atoms. The lowest BCUT2D eigenvalue weighted by molar-refractivity contribution is 0.479. The zero-order valence-electron chi connectivity index (χ0n) is 9.39. The van der Waals surface area contributed by atoms with Gasteiger partial charge in [-0.1, -0.05) is 24.3 Å². The number of hydrogen-bond acceptors (Lipinski definition) is 1. The Morgan fingerprint density at radius 1 is 1.08 bits per heavy atom. The summed E-state index contributed by atoms with van der Waals surface area (Å²) >= 11 is 0. The monoisotopic (exact) mass is 179 g/mol. The molecule has 0 radical (unpaired) electrons. The van der Waals surface area contributed by atoms with Crippen molar-refractivity contribution in [3.8, 4) is 0 Å². The van der Waals surface area contributed by atoms with Crippen molar-refractivity contribution in [3.63, 3.8) is 0 Å². The van der Waals surface area contributed by atoms with Crippen LogP contribution in [0.1, 0.15) is 34.6 Å². The molecule has 0 aliphatic carbocycles. The number of rotatable bonds is 3. The number of hydrogen-bond donors (Lipinski definition) is 1. The average Bonchev–Trinajstić information content (AvgIpc) is 2.01.